The summed E-state index contributed by atoms with van der Waals surface area (Å²) in [5.41, 5.74) is 1.76. The number of nitriles is 3. The topological polar surface area (TPSA) is 132 Å². The quantitative estimate of drug-likeness (QED) is 0.882. The van der Waals surface area contributed by atoms with E-state index < -0.39 is 28.6 Å². The van der Waals surface area contributed by atoms with Crippen molar-refractivity contribution in [3.05, 3.63) is 35.9 Å². The van der Waals surface area contributed by atoms with Crippen molar-refractivity contribution in [1.29, 1.82) is 15.8 Å². The molecule has 1 aromatic rings. The smallest absolute Gasteiger partial charge is 0.241 e. The second kappa shape index (κ2) is 5.55. The maximum Gasteiger partial charge on any atom is 0.241 e. The number of amides is 1. The van der Waals surface area contributed by atoms with E-state index in [2.05, 4.69) is 0 Å². The summed E-state index contributed by atoms with van der Waals surface area (Å²) in [5, 5.41) is 29.2. The van der Waals surface area contributed by atoms with Gasteiger partial charge in [0.2, 0.25) is 5.91 Å². The lowest BCUT2D eigenvalue weighted by Crippen LogP contribution is -2.60. The van der Waals surface area contributed by atoms with Gasteiger partial charge in [0.05, 0.1) is 18.2 Å². The van der Waals surface area contributed by atoms with Crippen LogP contribution in [0.5, 0.6) is 0 Å². The predicted molar refractivity (Wildman–Crippen MR) is 78.9 cm³/mol. The van der Waals surface area contributed by atoms with Crippen molar-refractivity contribution in [2.24, 2.45) is 22.5 Å². The number of hydrogen-bond donors (Lipinski definition) is 1. The zero-order valence-corrected chi connectivity index (χ0v) is 12.5. The molecule has 1 aliphatic carbocycles. The fraction of sp³-hybridized carbons (Fsp3) is 0.353. The SMILES string of the molecule is CC1C(=O)CC(c2ccccc2)C(C#N)(C#N)C1(C#N)C(N)=O. The molecule has 1 fully saturated rings. The number of rotatable bonds is 2. The van der Waals surface area contributed by atoms with E-state index in [-0.39, 0.29) is 12.2 Å². The van der Waals surface area contributed by atoms with Gasteiger partial charge in [-0.1, -0.05) is 37.3 Å². The summed E-state index contributed by atoms with van der Waals surface area (Å²) in [7, 11) is 0. The summed E-state index contributed by atoms with van der Waals surface area (Å²) < 4.78 is 0. The normalized spacial score (nSPS) is 28.9. The van der Waals surface area contributed by atoms with E-state index in [1.165, 1.54) is 6.92 Å². The number of nitrogens with two attached hydrogens (primary N) is 1. The Bertz CT molecular complexity index is 768. The fourth-order valence-corrected chi connectivity index (χ4v) is 3.45. The molecule has 6 nitrogen and oxygen atoms in total. The molecule has 3 unspecified atom stereocenters. The molecule has 3 atom stereocenters. The lowest BCUT2D eigenvalue weighted by Gasteiger charge is -2.46. The Balaban J connectivity index is 2.84. The highest BCUT2D eigenvalue weighted by Crippen LogP contribution is 2.58. The highest BCUT2D eigenvalue weighted by Gasteiger charge is 2.69. The molecule has 0 aromatic heterocycles. The van der Waals surface area contributed by atoms with Gasteiger partial charge in [0.25, 0.3) is 0 Å². The number of Topliss-reactive ketones (excluding diaryl/α,β-unsaturated/α-hetero) is 1. The Labute approximate surface area is 133 Å². The number of carbonyl (C=O) groups excluding carboxylic acids is 2. The maximum atomic E-state index is 12.4. The van der Waals surface area contributed by atoms with E-state index in [0.717, 1.165) is 0 Å². The Hall–Kier alpha value is -3.17. The van der Waals surface area contributed by atoms with E-state index in [9.17, 15) is 25.4 Å². The van der Waals surface area contributed by atoms with Crippen LogP contribution in [0.15, 0.2) is 30.3 Å². The minimum Gasteiger partial charge on any atom is -0.368 e. The molecule has 114 valence electrons. The zero-order chi connectivity index (χ0) is 17.3. The summed E-state index contributed by atoms with van der Waals surface area (Å²) in [4.78, 5) is 24.5. The predicted octanol–water partition coefficient (Wildman–Crippen LogP) is 1.41. The Morgan fingerprint density at radius 3 is 2.17 bits per heavy atom. The average Bonchev–Trinajstić information content (AvgIpc) is 2.57. The van der Waals surface area contributed by atoms with Crippen LogP contribution in [-0.4, -0.2) is 11.7 Å². The van der Waals surface area contributed by atoms with E-state index in [4.69, 9.17) is 5.73 Å². The van der Waals surface area contributed by atoms with Crippen LogP contribution in [0.1, 0.15) is 24.8 Å². The number of ketones is 1. The molecule has 6 heteroatoms. The first-order valence-corrected chi connectivity index (χ1v) is 7.02. The largest absolute Gasteiger partial charge is 0.368 e. The van der Waals surface area contributed by atoms with Crippen molar-refractivity contribution in [2.75, 3.05) is 0 Å². The summed E-state index contributed by atoms with van der Waals surface area (Å²) >= 11 is 0. The molecule has 2 rings (SSSR count). The summed E-state index contributed by atoms with van der Waals surface area (Å²) in [6.07, 6.45) is -0.0942. The van der Waals surface area contributed by atoms with Gasteiger partial charge >= 0.3 is 0 Å². The molecule has 1 aliphatic rings. The van der Waals surface area contributed by atoms with Crippen molar-refractivity contribution in [3.63, 3.8) is 0 Å². The molecule has 0 saturated heterocycles. The average molecular weight is 306 g/mol. The van der Waals surface area contributed by atoms with Crippen molar-refractivity contribution in [1.82, 2.24) is 0 Å². The van der Waals surface area contributed by atoms with Gasteiger partial charge in [0.1, 0.15) is 5.78 Å². The van der Waals surface area contributed by atoms with Gasteiger partial charge in [-0.05, 0) is 5.56 Å². The van der Waals surface area contributed by atoms with Crippen LogP contribution in [0, 0.1) is 50.7 Å². The summed E-state index contributed by atoms with van der Waals surface area (Å²) in [6, 6.07) is 14.0. The Morgan fingerprint density at radius 2 is 1.74 bits per heavy atom. The van der Waals surface area contributed by atoms with Crippen LogP contribution in [-0.2, 0) is 9.59 Å². The minimum absolute atomic E-state index is 0.0942. The highest BCUT2D eigenvalue weighted by atomic mass is 16.2. The standard InChI is InChI=1S/C17H14N4O2/c1-11-14(22)7-13(12-5-3-2-4-6-12)16(8-18,9-19)17(11,10-20)15(21)23/h2-6,11,13H,7H2,1H3,(H2,21,23). The molecule has 2 N–H and O–H groups in total. The fourth-order valence-electron chi connectivity index (χ4n) is 3.45. The van der Waals surface area contributed by atoms with Gasteiger partial charge in [-0.25, -0.2) is 0 Å². The molecule has 1 aromatic carbocycles. The van der Waals surface area contributed by atoms with E-state index in [1.54, 1.807) is 36.4 Å². The molecule has 0 radical (unpaired) electrons. The first-order valence-electron chi connectivity index (χ1n) is 7.02. The Morgan fingerprint density at radius 1 is 1.17 bits per heavy atom. The molecule has 1 amide bonds. The van der Waals surface area contributed by atoms with Crippen LogP contribution >= 0.6 is 0 Å². The first kappa shape index (κ1) is 16.2. The third-order valence-corrected chi connectivity index (χ3v) is 4.80. The van der Waals surface area contributed by atoms with E-state index >= 15 is 0 Å². The monoisotopic (exact) mass is 306 g/mol. The van der Waals surface area contributed by atoms with Gasteiger partial charge in [-0.3, -0.25) is 9.59 Å². The molecule has 0 heterocycles. The van der Waals surface area contributed by atoms with Gasteiger partial charge in [-0.15, -0.1) is 0 Å². The van der Waals surface area contributed by atoms with E-state index in [0.29, 0.717) is 5.56 Å². The molecule has 0 bridgehead atoms. The van der Waals surface area contributed by atoms with Crippen LogP contribution in [0.25, 0.3) is 0 Å². The number of nitrogens with zero attached hydrogens (tertiary/aromatic N) is 3. The van der Waals surface area contributed by atoms with Crippen molar-refractivity contribution < 1.29 is 9.59 Å². The van der Waals surface area contributed by atoms with Crippen LogP contribution in [0.4, 0.5) is 0 Å². The molecule has 0 aliphatic heterocycles. The number of hydrogen-bond acceptors (Lipinski definition) is 5. The van der Waals surface area contributed by atoms with E-state index in [1.807, 2.05) is 12.1 Å². The lowest BCUT2D eigenvalue weighted by atomic mass is 9.47. The summed E-state index contributed by atoms with van der Waals surface area (Å²) in [6.45, 7) is 1.38. The van der Waals surface area contributed by atoms with Crippen LogP contribution < -0.4 is 5.73 Å². The minimum atomic E-state index is -2.19. The van der Waals surface area contributed by atoms with Gasteiger partial charge in [0, 0.05) is 18.3 Å². The number of benzene rings is 1. The van der Waals surface area contributed by atoms with Crippen molar-refractivity contribution >= 4 is 11.7 Å². The van der Waals surface area contributed by atoms with Gasteiger partial charge < -0.3 is 5.73 Å². The molecular formula is C17H14N4O2. The number of primary amides is 1. The third kappa shape index (κ3) is 1.91. The van der Waals surface area contributed by atoms with Gasteiger partial charge in [-0.2, -0.15) is 15.8 Å². The van der Waals surface area contributed by atoms with Gasteiger partial charge in [0.15, 0.2) is 10.8 Å². The molecular weight excluding hydrogens is 292 g/mol. The Kier molecular flexibility index (Phi) is 3.91. The van der Waals surface area contributed by atoms with Crippen LogP contribution in [0.3, 0.4) is 0 Å². The highest BCUT2D eigenvalue weighted by molar-refractivity contribution is 5.97. The molecule has 0 spiro atoms. The number of carbonyl (C=O) groups is 2. The maximum absolute atomic E-state index is 12.4. The third-order valence-electron chi connectivity index (χ3n) is 4.80. The zero-order valence-electron chi connectivity index (χ0n) is 12.5. The second-order valence-electron chi connectivity index (χ2n) is 5.67. The van der Waals surface area contributed by atoms with Crippen LogP contribution in [0.2, 0.25) is 0 Å². The first-order chi connectivity index (χ1) is 10.9. The second-order valence-corrected chi connectivity index (χ2v) is 5.67. The molecule has 1 saturated carbocycles. The lowest BCUT2D eigenvalue weighted by molar-refractivity contribution is -0.144. The van der Waals surface area contributed by atoms with Crippen molar-refractivity contribution in [3.8, 4) is 18.2 Å². The van der Waals surface area contributed by atoms with Crippen molar-refractivity contribution in [2.45, 2.75) is 19.3 Å². The molecule has 23 heavy (non-hydrogen) atoms. The summed E-state index contributed by atoms with van der Waals surface area (Å²) in [5.74, 6) is -3.50.